The van der Waals surface area contributed by atoms with Crippen molar-refractivity contribution in [3.8, 4) is 5.75 Å². The molecule has 0 saturated carbocycles. The van der Waals surface area contributed by atoms with Gasteiger partial charge in [0.25, 0.3) is 5.91 Å². The first-order valence-corrected chi connectivity index (χ1v) is 8.73. The molecule has 25 heavy (non-hydrogen) atoms. The molecule has 0 fully saturated rings. The second-order valence-electron chi connectivity index (χ2n) is 6.07. The number of amides is 1. The molecule has 132 valence electrons. The van der Waals surface area contributed by atoms with Crippen molar-refractivity contribution in [1.82, 2.24) is 5.32 Å². The highest BCUT2D eigenvalue weighted by Gasteiger charge is 2.15. The number of hydrogen-bond acceptors (Lipinski definition) is 4. The van der Waals surface area contributed by atoms with Gasteiger partial charge in [0.2, 0.25) is 0 Å². The monoisotopic (exact) mass is 340 g/mol. The number of hydrogen-bond donors (Lipinski definition) is 2. The van der Waals surface area contributed by atoms with Gasteiger partial charge in [0.15, 0.2) is 0 Å². The van der Waals surface area contributed by atoms with E-state index in [0.29, 0.717) is 12.2 Å². The number of carbonyl (C=O) groups is 1. The van der Waals surface area contributed by atoms with Crippen molar-refractivity contribution in [2.24, 2.45) is 0 Å². The minimum Gasteiger partial charge on any atom is -0.492 e. The van der Waals surface area contributed by atoms with E-state index in [1.54, 1.807) is 24.3 Å². The topological polar surface area (TPSA) is 61.8 Å². The normalized spacial score (nSPS) is 13.2. The van der Waals surface area contributed by atoms with Gasteiger partial charge in [-0.05, 0) is 48.7 Å². The van der Waals surface area contributed by atoms with Crippen molar-refractivity contribution in [1.29, 1.82) is 0 Å². The van der Waals surface area contributed by atoms with E-state index in [-0.39, 0.29) is 19.1 Å². The SMILES string of the molecule is O=C(NCCO)c1ccc(OCCN2CCCc3ccccc32)cc1. The van der Waals surface area contributed by atoms with Crippen molar-refractivity contribution in [3.63, 3.8) is 0 Å². The maximum absolute atomic E-state index is 11.8. The predicted molar refractivity (Wildman–Crippen MR) is 98.3 cm³/mol. The number of nitrogens with one attached hydrogen (secondary N) is 1. The van der Waals surface area contributed by atoms with E-state index in [4.69, 9.17) is 9.84 Å². The quantitative estimate of drug-likeness (QED) is 0.811. The molecule has 0 bridgehead atoms. The van der Waals surface area contributed by atoms with Crippen LogP contribution in [0.2, 0.25) is 0 Å². The molecule has 5 heteroatoms. The van der Waals surface area contributed by atoms with Gasteiger partial charge in [-0.1, -0.05) is 18.2 Å². The van der Waals surface area contributed by atoms with Crippen molar-refractivity contribution < 1.29 is 14.6 Å². The highest BCUT2D eigenvalue weighted by atomic mass is 16.5. The van der Waals surface area contributed by atoms with Crippen LogP contribution < -0.4 is 15.0 Å². The molecule has 1 amide bonds. The molecule has 1 heterocycles. The second-order valence-corrected chi connectivity index (χ2v) is 6.07. The van der Waals surface area contributed by atoms with Gasteiger partial charge < -0.3 is 20.1 Å². The summed E-state index contributed by atoms with van der Waals surface area (Å²) >= 11 is 0. The zero-order valence-electron chi connectivity index (χ0n) is 14.3. The number of aryl methyl sites for hydroxylation is 1. The van der Waals surface area contributed by atoms with Gasteiger partial charge in [-0.3, -0.25) is 4.79 Å². The third-order valence-corrected chi connectivity index (χ3v) is 4.35. The molecule has 2 aromatic carbocycles. The highest BCUT2D eigenvalue weighted by Crippen LogP contribution is 2.26. The summed E-state index contributed by atoms with van der Waals surface area (Å²) in [6.07, 6.45) is 2.32. The van der Waals surface area contributed by atoms with Gasteiger partial charge in [-0.25, -0.2) is 0 Å². The number of rotatable bonds is 7. The average Bonchev–Trinajstić information content (AvgIpc) is 2.67. The highest BCUT2D eigenvalue weighted by molar-refractivity contribution is 5.94. The Hall–Kier alpha value is -2.53. The maximum atomic E-state index is 11.8. The molecule has 0 spiro atoms. The summed E-state index contributed by atoms with van der Waals surface area (Å²) in [5, 5.41) is 11.4. The maximum Gasteiger partial charge on any atom is 0.251 e. The first kappa shape index (κ1) is 17.3. The summed E-state index contributed by atoms with van der Waals surface area (Å²) in [7, 11) is 0. The first-order chi connectivity index (χ1) is 12.3. The van der Waals surface area contributed by atoms with Gasteiger partial charge in [-0.2, -0.15) is 0 Å². The number of aliphatic hydroxyl groups is 1. The molecule has 0 radical (unpaired) electrons. The minimum absolute atomic E-state index is 0.0629. The van der Waals surface area contributed by atoms with E-state index in [1.807, 2.05) is 0 Å². The van der Waals surface area contributed by atoms with Crippen LogP contribution in [0.5, 0.6) is 5.75 Å². The summed E-state index contributed by atoms with van der Waals surface area (Å²) in [5.41, 5.74) is 3.28. The summed E-state index contributed by atoms with van der Waals surface area (Å²) in [4.78, 5) is 14.2. The van der Waals surface area contributed by atoms with Crippen LogP contribution in [-0.4, -0.2) is 43.9 Å². The third kappa shape index (κ3) is 4.51. The van der Waals surface area contributed by atoms with Crippen LogP contribution in [0.15, 0.2) is 48.5 Å². The Morgan fingerprint density at radius 2 is 1.96 bits per heavy atom. The smallest absolute Gasteiger partial charge is 0.251 e. The van der Waals surface area contributed by atoms with E-state index in [0.717, 1.165) is 25.3 Å². The number of para-hydroxylation sites is 1. The van der Waals surface area contributed by atoms with Crippen LogP contribution in [0.1, 0.15) is 22.3 Å². The Bertz CT molecular complexity index is 700. The summed E-state index contributed by atoms with van der Waals surface area (Å²) in [5.74, 6) is 0.564. The first-order valence-electron chi connectivity index (χ1n) is 8.73. The number of benzene rings is 2. The fourth-order valence-electron chi connectivity index (χ4n) is 3.09. The average molecular weight is 340 g/mol. The number of fused-ring (bicyclic) bond motifs is 1. The summed E-state index contributed by atoms with van der Waals surface area (Å²) < 4.78 is 5.83. The molecule has 1 aliphatic heterocycles. The lowest BCUT2D eigenvalue weighted by atomic mass is 10.0. The molecule has 0 aliphatic carbocycles. The van der Waals surface area contributed by atoms with E-state index in [2.05, 4.69) is 34.5 Å². The van der Waals surface area contributed by atoms with Gasteiger partial charge in [0, 0.05) is 24.3 Å². The zero-order chi connectivity index (χ0) is 17.5. The van der Waals surface area contributed by atoms with Crippen LogP contribution in [0.3, 0.4) is 0 Å². The lowest BCUT2D eigenvalue weighted by Crippen LogP contribution is -2.33. The van der Waals surface area contributed by atoms with Crippen LogP contribution in [0.4, 0.5) is 5.69 Å². The molecule has 0 aromatic heterocycles. The Labute approximate surface area is 148 Å². The Morgan fingerprint density at radius 3 is 2.76 bits per heavy atom. The van der Waals surface area contributed by atoms with Crippen LogP contribution in [0, 0.1) is 0 Å². The molecule has 3 rings (SSSR count). The molecular weight excluding hydrogens is 316 g/mol. The predicted octanol–water partition coefficient (Wildman–Crippen LogP) is 2.24. The van der Waals surface area contributed by atoms with Crippen molar-refractivity contribution in [2.75, 3.05) is 37.7 Å². The summed E-state index contributed by atoms with van der Waals surface area (Å²) in [6, 6.07) is 15.6. The molecule has 1 aliphatic rings. The number of anilines is 1. The molecule has 2 N–H and O–H groups in total. The van der Waals surface area contributed by atoms with Crippen LogP contribution in [-0.2, 0) is 6.42 Å². The lowest BCUT2D eigenvalue weighted by Gasteiger charge is -2.31. The Balaban J connectivity index is 1.50. The molecule has 0 unspecified atom stereocenters. The largest absolute Gasteiger partial charge is 0.492 e. The molecular formula is C20H24N2O3. The molecule has 5 nitrogen and oxygen atoms in total. The van der Waals surface area contributed by atoms with E-state index in [1.165, 1.54) is 17.7 Å². The van der Waals surface area contributed by atoms with Gasteiger partial charge in [0.1, 0.15) is 12.4 Å². The van der Waals surface area contributed by atoms with Gasteiger partial charge >= 0.3 is 0 Å². The minimum atomic E-state index is -0.189. The van der Waals surface area contributed by atoms with E-state index < -0.39 is 0 Å². The van der Waals surface area contributed by atoms with Gasteiger partial charge in [-0.15, -0.1) is 0 Å². The number of nitrogens with zero attached hydrogens (tertiary/aromatic N) is 1. The lowest BCUT2D eigenvalue weighted by molar-refractivity contribution is 0.0944. The molecule has 0 saturated heterocycles. The van der Waals surface area contributed by atoms with Crippen LogP contribution >= 0.6 is 0 Å². The number of ether oxygens (including phenoxy) is 1. The van der Waals surface area contributed by atoms with Crippen molar-refractivity contribution in [3.05, 3.63) is 59.7 Å². The van der Waals surface area contributed by atoms with Gasteiger partial charge in [0.05, 0.1) is 13.2 Å². The van der Waals surface area contributed by atoms with E-state index >= 15 is 0 Å². The van der Waals surface area contributed by atoms with Crippen molar-refractivity contribution in [2.45, 2.75) is 12.8 Å². The van der Waals surface area contributed by atoms with E-state index in [9.17, 15) is 4.79 Å². The molecule has 2 aromatic rings. The van der Waals surface area contributed by atoms with Crippen molar-refractivity contribution >= 4 is 11.6 Å². The zero-order valence-corrected chi connectivity index (χ0v) is 14.3. The number of carbonyl (C=O) groups excluding carboxylic acids is 1. The standard InChI is InChI=1S/C20H24N2O3/c23-14-11-21-20(24)17-7-9-18(10-8-17)25-15-13-22-12-3-5-16-4-1-2-6-19(16)22/h1-2,4,6-10,23H,3,5,11-15H2,(H,21,24). The number of aliphatic hydroxyl groups excluding tert-OH is 1. The second kappa shape index (κ2) is 8.53. The Morgan fingerprint density at radius 1 is 1.16 bits per heavy atom. The fourth-order valence-corrected chi connectivity index (χ4v) is 3.09. The fraction of sp³-hybridized carbons (Fsp3) is 0.350. The Kier molecular flexibility index (Phi) is 5.90. The van der Waals surface area contributed by atoms with Crippen LogP contribution in [0.25, 0.3) is 0 Å². The molecule has 0 atom stereocenters. The third-order valence-electron chi connectivity index (χ3n) is 4.35. The summed E-state index contributed by atoms with van der Waals surface area (Å²) in [6.45, 7) is 2.70.